The highest BCUT2D eigenvalue weighted by Gasteiger charge is 2.22. The van der Waals surface area contributed by atoms with Crippen molar-refractivity contribution in [1.82, 2.24) is 15.0 Å². The van der Waals surface area contributed by atoms with E-state index in [-0.39, 0.29) is 11.6 Å². The van der Waals surface area contributed by atoms with Crippen molar-refractivity contribution in [3.8, 4) is 22.9 Å². The summed E-state index contributed by atoms with van der Waals surface area (Å²) in [6.07, 6.45) is 0. The second kappa shape index (κ2) is 9.08. The van der Waals surface area contributed by atoms with Gasteiger partial charge in [-0.3, -0.25) is 4.90 Å². The topological polar surface area (TPSA) is 63.9 Å². The third kappa shape index (κ3) is 4.51. The Labute approximate surface area is 172 Å². The van der Waals surface area contributed by atoms with Gasteiger partial charge in [-0.25, -0.2) is 0 Å². The van der Waals surface area contributed by atoms with Crippen LogP contribution in [0, 0.1) is 0 Å². The fraction of sp³-hybridized carbons (Fsp3) is 0.333. The lowest BCUT2D eigenvalue weighted by Crippen LogP contribution is -2.46. The van der Waals surface area contributed by atoms with Gasteiger partial charge in [0, 0.05) is 26.2 Å². The van der Waals surface area contributed by atoms with E-state index >= 15 is 0 Å². The van der Waals surface area contributed by atoms with E-state index in [2.05, 4.69) is 30.7 Å². The fourth-order valence-electron chi connectivity index (χ4n) is 3.51. The lowest BCUT2D eigenvalue weighted by Gasteiger charge is -2.35. The molecule has 0 spiro atoms. The minimum absolute atomic E-state index is 0.0188. The molecule has 1 fully saturated rings. The van der Waals surface area contributed by atoms with Crippen LogP contribution in [-0.2, 0) is 6.54 Å². The third-order valence-electron chi connectivity index (χ3n) is 4.97. The van der Waals surface area contributed by atoms with Crippen LogP contribution in [0.15, 0.2) is 53.1 Å². The maximum Gasteiger partial charge on any atom is 0.387 e. The molecule has 0 N–H and O–H groups in total. The van der Waals surface area contributed by atoms with Crippen LogP contribution in [0.3, 0.4) is 0 Å². The zero-order valence-corrected chi connectivity index (χ0v) is 16.5. The molecule has 158 valence electrons. The van der Waals surface area contributed by atoms with Gasteiger partial charge in [-0.05, 0) is 24.3 Å². The van der Waals surface area contributed by atoms with Crippen molar-refractivity contribution in [2.45, 2.75) is 13.2 Å². The average Bonchev–Trinajstić information content (AvgIpc) is 3.22. The number of halogens is 2. The number of nitrogens with zero attached hydrogens (tertiary/aromatic N) is 4. The average molecular weight is 416 g/mol. The summed E-state index contributed by atoms with van der Waals surface area (Å²) < 4.78 is 40.6. The Hall–Kier alpha value is -3.20. The van der Waals surface area contributed by atoms with E-state index in [1.807, 2.05) is 18.2 Å². The lowest BCUT2D eigenvalue weighted by atomic mass is 10.2. The van der Waals surface area contributed by atoms with Crippen LogP contribution in [-0.4, -0.2) is 54.9 Å². The molecule has 0 amide bonds. The summed E-state index contributed by atoms with van der Waals surface area (Å²) in [5.74, 6) is 1.54. The smallest absolute Gasteiger partial charge is 0.387 e. The number of alkyl halides is 2. The molecule has 1 aromatic heterocycles. The zero-order valence-electron chi connectivity index (χ0n) is 16.5. The van der Waals surface area contributed by atoms with Gasteiger partial charge in [0.1, 0.15) is 11.5 Å². The summed E-state index contributed by atoms with van der Waals surface area (Å²) in [5.41, 5.74) is 1.45. The molecule has 4 rings (SSSR count). The molecule has 0 unspecified atom stereocenters. The highest BCUT2D eigenvalue weighted by Crippen LogP contribution is 2.30. The van der Waals surface area contributed by atoms with E-state index < -0.39 is 6.61 Å². The van der Waals surface area contributed by atoms with E-state index in [4.69, 9.17) is 9.26 Å². The second-order valence-electron chi connectivity index (χ2n) is 6.82. The SMILES string of the molecule is COc1ccccc1N1CCN(Cc2nc(-c3ccccc3OC(F)F)no2)CC1. The molecule has 0 bridgehead atoms. The van der Waals surface area contributed by atoms with Crippen LogP contribution in [0.1, 0.15) is 5.89 Å². The summed E-state index contributed by atoms with van der Waals surface area (Å²) >= 11 is 0. The molecule has 7 nitrogen and oxygen atoms in total. The number of para-hydroxylation sites is 3. The van der Waals surface area contributed by atoms with Crippen molar-refractivity contribution in [2.75, 3.05) is 38.2 Å². The molecular weight excluding hydrogens is 394 g/mol. The van der Waals surface area contributed by atoms with Crippen LogP contribution in [0.5, 0.6) is 11.5 Å². The Bertz CT molecular complexity index is 974. The monoisotopic (exact) mass is 416 g/mol. The van der Waals surface area contributed by atoms with E-state index in [1.54, 1.807) is 25.3 Å². The Morgan fingerprint density at radius 1 is 1.00 bits per heavy atom. The van der Waals surface area contributed by atoms with Crippen molar-refractivity contribution in [3.63, 3.8) is 0 Å². The van der Waals surface area contributed by atoms with Crippen molar-refractivity contribution in [1.29, 1.82) is 0 Å². The second-order valence-corrected chi connectivity index (χ2v) is 6.82. The van der Waals surface area contributed by atoms with Crippen LogP contribution >= 0.6 is 0 Å². The van der Waals surface area contributed by atoms with E-state index in [0.717, 1.165) is 37.6 Å². The predicted molar refractivity (Wildman–Crippen MR) is 107 cm³/mol. The van der Waals surface area contributed by atoms with Crippen molar-refractivity contribution >= 4 is 5.69 Å². The van der Waals surface area contributed by atoms with Gasteiger partial charge in [0.15, 0.2) is 0 Å². The zero-order chi connectivity index (χ0) is 20.9. The van der Waals surface area contributed by atoms with E-state index in [1.165, 1.54) is 6.07 Å². The number of piperazine rings is 1. The Kier molecular flexibility index (Phi) is 6.08. The van der Waals surface area contributed by atoms with Gasteiger partial charge >= 0.3 is 6.61 Å². The van der Waals surface area contributed by atoms with Gasteiger partial charge in [-0.1, -0.05) is 29.4 Å². The van der Waals surface area contributed by atoms with Crippen LogP contribution in [0.4, 0.5) is 14.5 Å². The first-order chi connectivity index (χ1) is 14.6. The molecule has 0 atom stereocenters. The lowest BCUT2D eigenvalue weighted by molar-refractivity contribution is -0.0494. The first-order valence-electron chi connectivity index (χ1n) is 9.61. The first-order valence-corrected chi connectivity index (χ1v) is 9.61. The van der Waals surface area contributed by atoms with Gasteiger partial charge in [-0.2, -0.15) is 13.8 Å². The fourth-order valence-corrected chi connectivity index (χ4v) is 3.51. The number of ether oxygens (including phenoxy) is 2. The summed E-state index contributed by atoms with van der Waals surface area (Å²) in [5, 5.41) is 3.94. The number of anilines is 1. The van der Waals surface area contributed by atoms with Gasteiger partial charge in [0.25, 0.3) is 0 Å². The number of aromatic nitrogens is 2. The van der Waals surface area contributed by atoms with Crippen LogP contribution < -0.4 is 14.4 Å². The molecule has 0 aliphatic carbocycles. The van der Waals surface area contributed by atoms with Crippen LogP contribution in [0.2, 0.25) is 0 Å². The number of hydrogen-bond acceptors (Lipinski definition) is 7. The summed E-state index contributed by atoms with van der Waals surface area (Å²) in [6.45, 7) is 0.891. The van der Waals surface area contributed by atoms with E-state index in [0.29, 0.717) is 18.0 Å². The standard InChI is InChI=1S/C21H22F2N4O3/c1-28-18-9-5-3-7-16(18)27-12-10-26(11-13-27)14-19-24-20(25-30-19)15-6-2-4-8-17(15)29-21(22)23/h2-9,21H,10-14H2,1H3. The predicted octanol–water partition coefficient (Wildman–Crippen LogP) is 3.67. The molecule has 2 heterocycles. The Morgan fingerprint density at radius 2 is 1.70 bits per heavy atom. The van der Waals surface area contributed by atoms with Crippen LogP contribution in [0.25, 0.3) is 11.4 Å². The normalized spacial score (nSPS) is 14.9. The van der Waals surface area contributed by atoms with Gasteiger partial charge in [0.05, 0.1) is 24.9 Å². The van der Waals surface area contributed by atoms with Crippen molar-refractivity contribution < 1.29 is 22.8 Å². The highest BCUT2D eigenvalue weighted by atomic mass is 19.3. The quantitative estimate of drug-likeness (QED) is 0.582. The number of benzene rings is 2. The number of methoxy groups -OCH3 is 1. The summed E-state index contributed by atoms with van der Waals surface area (Å²) in [4.78, 5) is 8.87. The molecule has 0 saturated carbocycles. The molecule has 9 heteroatoms. The molecule has 2 aromatic carbocycles. The number of rotatable bonds is 7. The Balaban J connectivity index is 1.39. The number of hydrogen-bond donors (Lipinski definition) is 0. The molecule has 3 aromatic rings. The molecule has 1 aliphatic rings. The first kappa shape index (κ1) is 20.1. The van der Waals surface area contributed by atoms with Gasteiger partial charge in [0.2, 0.25) is 11.7 Å². The minimum Gasteiger partial charge on any atom is -0.495 e. The molecular formula is C21H22F2N4O3. The van der Waals surface area contributed by atoms with Gasteiger partial charge < -0.3 is 18.9 Å². The van der Waals surface area contributed by atoms with E-state index in [9.17, 15) is 8.78 Å². The van der Waals surface area contributed by atoms with Crippen molar-refractivity contribution in [2.24, 2.45) is 0 Å². The maximum atomic E-state index is 12.6. The highest BCUT2D eigenvalue weighted by molar-refractivity contribution is 5.63. The molecule has 1 saturated heterocycles. The molecule has 1 aliphatic heterocycles. The summed E-state index contributed by atoms with van der Waals surface area (Å²) in [7, 11) is 1.67. The maximum absolute atomic E-state index is 12.6. The minimum atomic E-state index is -2.92. The Morgan fingerprint density at radius 3 is 2.43 bits per heavy atom. The summed E-state index contributed by atoms with van der Waals surface area (Å²) in [6, 6.07) is 14.4. The molecule has 0 radical (unpaired) electrons. The third-order valence-corrected chi connectivity index (χ3v) is 4.97. The van der Waals surface area contributed by atoms with Gasteiger partial charge in [-0.15, -0.1) is 0 Å². The van der Waals surface area contributed by atoms with Crippen molar-refractivity contribution in [3.05, 3.63) is 54.4 Å². The molecule has 30 heavy (non-hydrogen) atoms. The largest absolute Gasteiger partial charge is 0.495 e.